The maximum absolute atomic E-state index is 13.6. The van der Waals surface area contributed by atoms with E-state index in [1.165, 1.54) is 57.1 Å². The summed E-state index contributed by atoms with van der Waals surface area (Å²) in [5.74, 6) is 1.22. The van der Waals surface area contributed by atoms with E-state index in [0.29, 0.717) is 35.5 Å². The van der Waals surface area contributed by atoms with E-state index in [-0.39, 0.29) is 18.3 Å². The van der Waals surface area contributed by atoms with Gasteiger partial charge in [-0.05, 0) is 49.7 Å². The largest absolute Gasteiger partial charge is 0.481 e. The zero-order valence-electron chi connectivity index (χ0n) is 18.1. The first-order chi connectivity index (χ1) is 14.0. The van der Waals surface area contributed by atoms with Crippen LogP contribution in [0.5, 0.6) is 5.75 Å². The van der Waals surface area contributed by atoms with Gasteiger partial charge in [-0.3, -0.25) is 9.69 Å². The van der Waals surface area contributed by atoms with E-state index in [9.17, 15) is 9.18 Å². The molecule has 0 N–H and O–H groups in total. The molecule has 0 aliphatic carbocycles. The van der Waals surface area contributed by atoms with Gasteiger partial charge >= 0.3 is 0 Å². The van der Waals surface area contributed by atoms with Crippen molar-refractivity contribution in [1.29, 1.82) is 0 Å². The Morgan fingerprint density at radius 2 is 2.00 bits per heavy atom. The van der Waals surface area contributed by atoms with Crippen molar-refractivity contribution in [2.75, 3.05) is 24.6 Å². The van der Waals surface area contributed by atoms with Crippen LogP contribution in [0.25, 0.3) is 0 Å². The number of fused-ring (bicyclic) bond motifs is 3. The Morgan fingerprint density at radius 3 is 2.76 bits per heavy atom. The van der Waals surface area contributed by atoms with Crippen LogP contribution in [0.3, 0.4) is 0 Å². The summed E-state index contributed by atoms with van der Waals surface area (Å²) in [5, 5.41) is 0. The van der Waals surface area contributed by atoms with E-state index in [2.05, 4.69) is 25.7 Å². The molecule has 3 heterocycles. The molecule has 0 radical (unpaired) electrons. The minimum absolute atomic E-state index is 0.00675. The number of hydrogen-bond donors (Lipinski definition) is 0. The fourth-order valence-electron chi connectivity index (χ4n) is 6.40. The Bertz CT molecular complexity index is 746. The van der Waals surface area contributed by atoms with E-state index >= 15 is 0 Å². The maximum Gasteiger partial charge on any atom is 0.265 e. The van der Waals surface area contributed by atoms with Crippen molar-refractivity contribution in [3.05, 3.63) is 24.0 Å². The van der Waals surface area contributed by atoms with Crippen LogP contribution in [-0.2, 0) is 4.79 Å². The fraction of sp³-hybridized carbons (Fsp3) is 0.708. The van der Waals surface area contributed by atoms with Crippen LogP contribution in [0.2, 0.25) is 0 Å². The highest BCUT2D eigenvalue weighted by atomic mass is 19.1. The summed E-state index contributed by atoms with van der Waals surface area (Å²) in [4.78, 5) is 17.2. The van der Waals surface area contributed by atoms with Crippen LogP contribution in [0.1, 0.15) is 65.7 Å². The van der Waals surface area contributed by atoms with Gasteiger partial charge in [0, 0.05) is 30.7 Å². The van der Waals surface area contributed by atoms with E-state index in [1.807, 2.05) is 0 Å². The summed E-state index contributed by atoms with van der Waals surface area (Å²) >= 11 is 0. The van der Waals surface area contributed by atoms with Gasteiger partial charge in [0.1, 0.15) is 11.6 Å². The number of benzene rings is 1. The summed E-state index contributed by atoms with van der Waals surface area (Å²) in [6.07, 6.45) is 9.13. The molecule has 2 bridgehead atoms. The van der Waals surface area contributed by atoms with Crippen molar-refractivity contribution < 1.29 is 13.9 Å². The lowest BCUT2D eigenvalue weighted by Crippen LogP contribution is -2.56. The quantitative estimate of drug-likeness (QED) is 0.643. The monoisotopic (exact) mass is 402 g/mol. The van der Waals surface area contributed by atoms with E-state index < -0.39 is 0 Å². The van der Waals surface area contributed by atoms with Gasteiger partial charge < -0.3 is 9.64 Å². The molecule has 1 aromatic rings. The average molecular weight is 403 g/mol. The summed E-state index contributed by atoms with van der Waals surface area (Å²) < 4.78 is 19.0. The number of piperidine rings is 1. The molecule has 160 valence electrons. The van der Waals surface area contributed by atoms with E-state index in [1.54, 1.807) is 11.0 Å². The molecule has 2 saturated heterocycles. The third kappa shape index (κ3) is 3.67. The average Bonchev–Trinajstić information content (AvgIpc) is 2.89. The Kier molecular flexibility index (Phi) is 5.87. The lowest BCUT2D eigenvalue weighted by molar-refractivity contribution is -0.121. The number of rotatable bonds is 7. The second kappa shape index (κ2) is 8.25. The minimum Gasteiger partial charge on any atom is -0.481 e. The second-order valence-corrected chi connectivity index (χ2v) is 9.36. The molecule has 29 heavy (non-hydrogen) atoms. The molecule has 1 aromatic carbocycles. The molecule has 0 saturated carbocycles. The zero-order chi connectivity index (χ0) is 20.6. The van der Waals surface area contributed by atoms with Gasteiger partial charge in [-0.25, -0.2) is 4.39 Å². The molecule has 3 aliphatic rings. The third-order valence-corrected chi connectivity index (χ3v) is 7.68. The van der Waals surface area contributed by atoms with Crippen LogP contribution in [0.4, 0.5) is 10.1 Å². The molecule has 2 fully saturated rings. The topological polar surface area (TPSA) is 32.8 Å². The lowest BCUT2D eigenvalue weighted by Gasteiger charge is -2.50. The second-order valence-electron chi connectivity index (χ2n) is 9.36. The maximum atomic E-state index is 13.6. The molecule has 3 aliphatic heterocycles. The highest BCUT2D eigenvalue weighted by molar-refractivity contribution is 5.97. The Balaban J connectivity index is 1.51. The third-order valence-electron chi connectivity index (χ3n) is 7.68. The number of nitrogens with zero attached hydrogens (tertiary/aromatic N) is 2. The minimum atomic E-state index is -0.330. The highest BCUT2D eigenvalue weighted by Gasteiger charge is 2.51. The van der Waals surface area contributed by atoms with Gasteiger partial charge in [-0.2, -0.15) is 0 Å². The number of halogens is 1. The number of carbonyl (C=O) groups is 1. The summed E-state index contributed by atoms with van der Waals surface area (Å²) in [5.41, 5.74) is 1.06. The molecule has 0 spiro atoms. The van der Waals surface area contributed by atoms with Gasteiger partial charge in [0.15, 0.2) is 6.61 Å². The zero-order valence-corrected chi connectivity index (χ0v) is 18.1. The van der Waals surface area contributed by atoms with Gasteiger partial charge in [0.05, 0.1) is 5.69 Å². The SMILES string of the molecule is CCC(CC)[C@@]12CCC[C@@H](CC1)N2CC(C)CN1C(=O)COc2cc(F)ccc21. The molecule has 3 atom stereocenters. The predicted molar refractivity (Wildman–Crippen MR) is 114 cm³/mol. The lowest BCUT2D eigenvalue weighted by atomic mass is 9.74. The summed E-state index contributed by atoms with van der Waals surface area (Å²) in [7, 11) is 0. The fourth-order valence-corrected chi connectivity index (χ4v) is 6.40. The number of carbonyl (C=O) groups excluding carboxylic acids is 1. The number of anilines is 1. The first kappa shape index (κ1) is 20.6. The van der Waals surface area contributed by atoms with Crippen LogP contribution in [0.15, 0.2) is 18.2 Å². The van der Waals surface area contributed by atoms with Gasteiger partial charge in [-0.1, -0.05) is 40.0 Å². The molecular formula is C24H35FN2O2. The molecule has 0 aromatic heterocycles. The van der Waals surface area contributed by atoms with Crippen molar-refractivity contribution >= 4 is 11.6 Å². The van der Waals surface area contributed by atoms with Crippen LogP contribution < -0.4 is 9.64 Å². The molecular weight excluding hydrogens is 367 g/mol. The number of hydrogen-bond acceptors (Lipinski definition) is 3. The van der Waals surface area contributed by atoms with Gasteiger partial charge in [0.25, 0.3) is 5.91 Å². The van der Waals surface area contributed by atoms with Crippen molar-refractivity contribution in [2.45, 2.75) is 77.3 Å². The first-order valence-electron chi connectivity index (χ1n) is 11.5. The predicted octanol–water partition coefficient (Wildman–Crippen LogP) is 5.01. The molecule has 4 nitrogen and oxygen atoms in total. The van der Waals surface area contributed by atoms with E-state index in [4.69, 9.17) is 4.74 Å². The first-order valence-corrected chi connectivity index (χ1v) is 11.5. The van der Waals surface area contributed by atoms with Crippen molar-refractivity contribution in [3.8, 4) is 5.75 Å². The summed E-state index contributed by atoms with van der Waals surface area (Å²) in [6, 6.07) is 5.16. The Labute approximate surface area is 174 Å². The van der Waals surface area contributed by atoms with Crippen LogP contribution >= 0.6 is 0 Å². The molecule has 4 rings (SSSR count). The van der Waals surface area contributed by atoms with Crippen molar-refractivity contribution in [2.24, 2.45) is 11.8 Å². The molecule has 1 unspecified atom stereocenters. The van der Waals surface area contributed by atoms with E-state index in [0.717, 1.165) is 12.5 Å². The smallest absolute Gasteiger partial charge is 0.265 e. The number of amides is 1. The summed E-state index contributed by atoms with van der Waals surface area (Å²) in [6.45, 7) is 8.61. The van der Waals surface area contributed by atoms with Crippen LogP contribution in [-0.4, -0.2) is 42.1 Å². The highest BCUT2D eigenvalue weighted by Crippen LogP contribution is 2.50. The number of ether oxygens (including phenoxy) is 1. The van der Waals surface area contributed by atoms with Crippen molar-refractivity contribution in [3.63, 3.8) is 0 Å². The Hall–Kier alpha value is -1.62. The van der Waals surface area contributed by atoms with Gasteiger partial charge in [0.2, 0.25) is 0 Å². The standard InChI is InChI=1S/C24H35FN2O2/c1-4-18(5-2)24-11-6-7-20(10-12-24)27(24)15-17(3)14-26-21-9-8-19(25)13-22(21)29-16-23(26)28/h8-9,13,17-18,20H,4-7,10-12,14-16H2,1-3H3/t17?,20-,24+/m0/s1. The van der Waals surface area contributed by atoms with Crippen LogP contribution in [0, 0.1) is 17.7 Å². The van der Waals surface area contributed by atoms with Gasteiger partial charge in [-0.15, -0.1) is 0 Å². The normalized spacial score (nSPS) is 27.8. The molecule has 5 heteroatoms. The van der Waals surface area contributed by atoms with Crippen molar-refractivity contribution in [1.82, 2.24) is 4.90 Å². The molecule has 1 amide bonds. The Morgan fingerprint density at radius 1 is 1.21 bits per heavy atom.